The van der Waals surface area contributed by atoms with E-state index in [9.17, 15) is 0 Å². The van der Waals surface area contributed by atoms with Crippen LogP contribution in [0.2, 0.25) is 0 Å². The van der Waals surface area contributed by atoms with Crippen molar-refractivity contribution in [2.45, 2.75) is 0 Å². The van der Waals surface area contributed by atoms with Crippen molar-refractivity contribution in [1.82, 2.24) is 0 Å². The molecule has 0 aliphatic rings. The molecule has 0 aliphatic carbocycles. The van der Waals surface area contributed by atoms with Crippen LogP contribution in [0.15, 0.2) is 0 Å². The third-order valence-corrected chi connectivity index (χ3v) is 0. The zero-order valence-electron chi connectivity index (χ0n) is 2.99. The van der Waals surface area contributed by atoms with E-state index in [1.165, 1.54) is 0 Å². The molecule has 0 amide bonds. The Kier molecular flexibility index (Phi) is 5430. The average Bonchev–Trinajstić information content (AvgIpc) is 0. The molecular weight excluding hydrogens is 304 g/mol. The van der Waals surface area contributed by atoms with Gasteiger partial charge in [0.05, 0.1) is 0 Å². The van der Waals surface area contributed by atoms with Gasteiger partial charge in [-0.15, -0.1) is 12.4 Å². The summed E-state index contributed by atoms with van der Waals surface area (Å²) < 4.78 is 0. The molecule has 0 aromatic rings. The van der Waals surface area contributed by atoms with Crippen LogP contribution in [-0.4, -0.2) is 49.2 Å². The van der Waals surface area contributed by atoms with E-state index >= 15 is 0 Å². The Hall–Kier alpha value is 1.05. The van der Waals surface area contributed by atoms with E-state index in [0.717, 1.165) is 0 Å². The van der Waals surface area contributed by atoms with Gasteiger partial charge in [0.2, 0.25) is 0 Å². The molecule has 0 aliphatic heterocycles. The molecule has 0 fully saturated rings. The van der Waals surface area contributed by atoms with Crippen LogP contribution in [-0.2, 0) is 0 Å². The molecule has 0 saturated carbocycles. The van der Waals surface area contributed by atoms with E-state index < -0.39 is 0 Å². The summed E-state index contributed by atoms with van der Waals surface area (Å²) in [6.07, 6.45) is 0. The molecule has 1 radical (unpaired) electrons. The molecule has 0 heterocycles. The fourth-order valence-electron chi connectivity index (χ4n) is 0. The predicted octanol–water partition coefficient (Wildman–Crippen LogP) is -3.26. The van der Waals surface area contributed by atoms with Gasteiger partial charge in [0.1, 0.15) is 0 Å². The second-order valence-electron chi connectivity index (χ2n) is 0. The first-order valence-electron chi connectivity index (χ1n) is 0. The van der Waals surface area contributed by atoms with Crippen molar-refractivity contribution in [1.29, 1.82) is 0 Å². The smallest absolute Gasteiger partial charge is 0 e. The maximum absolute atomic E-state index is 0. The quantitative estimate of drug-likeness (QED) is 0.416. The number of halogens is 1. The topological polar surface area (TPSA) is 126 Å². The first-order chi connectivity index (χ1) is 0. The van der Waals surface area contributed by atoms with E-state index in [4.69, 9.17) is 0 Å². The molecule has 0 atom stereocenters. The van der Waals surface area contributed by atoms with Crippen molar-refractivity contribution in [3.8, 4) is 0 Å². The maximum Gasteiger partial charge on any atom is 0 e. The fourth-order valence-corrected chi connectivity index (χ4v) is 0. The third-order valence-electron chi connectivity index (χ3n) is 0. The SMILES string of the molecule is Cl.O.O.O.O.[Tl]. The Balaban J connectivity index is 0. The minimum Gasteiger partial charge on any atom is -0.412 e. The minimum absolute atomic E-state index is 0. The largest absolute Gasteiger partial charge is 0.412 e. The molecule has 0 saturated heterocycles. The molecule has 0 spiro atoms. The fraction of sp³-hybridized carbons (Fsp3) is 0. The summed E-state index contributed by atoms with van der Waals surface area (Å²) in [5.74, 6) is 0. The molecule has 43 valence electrons. The van der Waals surface area contributed by atoms with Crippen molar-refractivity contribution in [2.75, 3.05) is 0 Å². The first kappa shape index (κ1) is 233. The summed E-state index contributed by atoms with van der Waals surface area (Å²) in [4.78, 5) is 0. The monoisotopic (exact) mass is 313 g/mol. The van der Waals surface area contributed by atoms with E-state index in [2.05, 4.69) is 0 Å². The summed E-state index contributed by atoms with van der Waals surface area (Å²) in [5, 5.41) is 0. The molecule has 0 bridgehead atoms. The minimum atomic E-state index is 0. The van der Waals surface area contributed by atoms with Gasteiger partial charge >= 0.3 is 0 Å². The standard InChI is InChI=1S/ClH.4H2O.Tl/h1H;4*1H2;. The van der Waals surface area contributed by atoms with E-state index in [0.29, 0.717) is 0 Å². The molecule has 8 N–H and O–H groups in total. The third kappa shape index (κ3) is 74.9. The Morgan fingerprint density at radius 2 is 0.500 bits per heavy atom. The van der Waals surface area contributed by atoms with Crippen LogP contribution < -0.4 is 0 Å². The molecule has 0 rings (SSSR count). The number of rotatable bonds is 0. The van der Waals surface area contributed by atoms with Gasteiger partial charge in [-0.2, -0.15) is 0 Å². The van der Waals surface area contributed by atoms with Crippen LogP contribution in [0.5, 0.6) is 0 Å². The summed E-state index contributed by atoms with van der Waals surface area (Å²) in [5.41, 5.74) is 0. The molecule has 6 heteroatoms. The average molecular weight is 313 g/mol. The van der Waals surface area contributed by atoms with Gasteiger partial charge in [-0.1, -0.05) is 0 Å². The van der Waals surface area contributed by atoms with Crippen molar-refractivity contribution in [2.24, 2.45) is 0 Å². The number of hydrogen-bond donors (Lipinski definition) is 0. The molecular formula is H9ClO4Tl. The molecule has 0 aromatic carbocycles. The molecule has 0 unspecified atom stereocenters. The van der Waals surface area contributed by atoms with E-state index in [1.54, 1.807) is 0 Å². The van der Waals surface area contributed by atoms with Gasteiger partial charge in [-0.25, -0.2) is 0 Å². The van der Waals surface area contributed by atoms with E-state index in [1.807, 2.05) is 0 Å². The summed E-state index contributed by atoms with van der Waals surface area (Å²) in [6.45, 7) is 0. The normalized spacial score (nSPS) is 0. The van der Waals surface area contributed by atoms with Crippen molar-refractivity contribution < 1.29 is 21.9 Å². The summed E-state index contributed by atoms with van der Waals surface area (Å²) >= 11 is 0. The van der Waals surface area contributed by atoms with Crippen molar-refractivity contribution in [3.05, 3.63) is 0 Å². The Morgan fingerprint density at radius 1 is 0.500 bits per heavy atom. The Bertz CT molecular complexity index is 7.51. The second-order valence-corrected chi connectivity index (χ2v) is 0. The van der Waals surface area contributed by atoms with Crippen LogP contribution in [0.3, 0.4) is 0 Å². The zero-order chi connectivity index (χ0) is 0. The summed E-state index contributed by atoms with van der Waals surface area (Å²) in [6, 6.07) is 0. The van der Waals surface area contributed by atoms with Crippen molar-refractivity contribution in [3.63, 3.8) is 0 Å². The van der Waals surface area contributed by atoms with Gasteiger partial charge in [-0.3, -0.25) is 0 Å². The van der Waals surface area contributed by atoms with Gasteiger partial charge in [-0.05, 0) is 0 Å². The van der Waals surface area contributed by atoms with Crippen molar-refractivity contribution >= 4 is 39.7 Å². The first-order valence-corrected chi connectivity index (χ1v) is 0. The zero-order valence-corrected chi connectivity index (χ0v) is 8.29. The van der Waals surface area contributed by atoms with Gasteiger partial charge in [0.15, 0.2) is 0 Å². The van der Waals surface area contributed by atoms with E-state index in [-0.39, 0.29) is 61.6 Å². The number of hydrogen-bond acceptors (Lipinski definition) is 0. The Morgan fingerprint density at radius 3 is 0.500 bits per heavy atom. The van der Waals surface area contributed by atoms with Gasteiger partial charge < -0.3 is 21.9 Å². The molecule has 6 heavy (non-hydrogen) atoms. The molecule has 0 aromatic heterocycles. The second kappa shape index (κ2) is 140. The Labute approximate surface area is 61.7 Å². The van der Waals surface area contributed by atoms with Crippen LogP contribution in [0.4, 0.5) is 0 Å². The predicted molar refractivity (Wildman–Crippen MR) is 27.5 cm³/mol. The maximum atomic E-state index is 0. The van der Waals surface area contributed by atoms with Crippen LogP contribution in [0, 0.1) is 0 Å². The van der Waals surface area contributed by atoms with Gasteiger partial charge in [0.25, 0.3) is 0 Å². The summed E-state index contributed by atoms with van der Waals surface area (Å²) in [7, 11) is 0. The van der Waals surface area contributed by atoms with Gasteiger partial charge in [0, 0.05) is 27.3 Å². The van der Waals surface area contributed by atoms with Crippen LogP contribution in [0.25, 0.3) is 0 Å². The van der Waals surface area contributed by atoms with Crippen LogP contribution in [0.1, 0.15) is 0 Å². The molecule has 4 nitrogen and oxygen atoms in total. The van der Waals surface area contributed by atoms with Crippen LogP contribution >= 0.6 is 12.4 Å².